The second-order valence-electron chi connectivity index (χ2n) is 14.6. The molecule has 0 saturated heterocycles. The van der Waals surface area contributed by atoms with E-state index in [0.29, 0.717) is 0 Å². The Balaban J connectivity index is 1.59. The van der Waals surface area contributed by atoms with Crippen LogP contribution in [0.1, 0.15) is 107 Å². The Morgan fingerprint density at radius 1 is 0.500 bits per heavy atom. The van der Waals surface area contributed by atoms with Gasteiger partial charge in [0.25, 0.3) is 0 Å². The van der Waals surface area contributed by atoms with Crippen molar-refractivity contribution in [3.8, 4) is 22.3 Å². The minimum absolute atomic E-state index is 0.137. The van der Waals surface area contributed by atoms with Crippen molar-refractivity contribution in [2.45, 2.75) is 99.5 Å². The van der Waals surface area contributed by atoms with Crippen LogP contribution in [0.15, 0.2) is 96.1 Å². The van der Waals surface area contributed by atoms with E-state index < -0.39 is 21.3 Å². The second-order valence-corrected chi connectivity index (χ2v) is 73.9. The molecule has 48 heavy (non-hydrogen) atoms. The van der Waals surface area contributed by atoms with Crippen LogP contribution in [0.2, 0.25) is 13.1 Å². The summed E-state index contributed by atoms with van der Waals surface area (Å²) in [6, 6.07) is 32.0. The number of hydrogen-bond acceptors (Lipinski definition) is 0. The Morgan fingerprint density at radius 3 is 1.25 bits per heavy atom. The normalized spacial score (nSPS) is 17.9. The fourth-order valence-corrected chi connectivity index (χ4v) is 53.7. The maximum atomic E-state index is 8.78. The summed E-state index contributed by atoms with van der Waals surface area (Å²) in [7, 11) is 17.6. The van der Waals surface area contributed by atoms with Gasteiger partial charge in [0.05, 0.1) is 0 Å². The van der Waals surface area contributed by atoms with Gasteiger partial charge in [-0.3, -0.25) is 0 Å². The molecule has 2 aliphatic carbocycles. The molecule has 4 aromatic carbocycles. The summed E-state index contributed by atoms with van der Waals surface area (Å²) < 4.78 is 0.273. The van der Waals surface area contributed by atoms with Gasteiger partial charge in [0.15, 0.2) is 0 Å². The van der Waals surface area contributed by atoms with Gasteiger partial charge < -0.3 is 0 Å². The van der Waals surface area contributed by atoms with Gasteiger partial charge in [0.1, 0.15) is 0 Å². The van der Waals surface area contributed by atoms with E-state index >= 15 is 0 Å². The van der Waals surface area contributed by atoms with E-state index in [1.54, 1.807) is 0 Å². The summed E-state index contributed by atoms with van der Waals surface area (Å²) in [5.41, 5.74) is 16.8. The molecule has 0 saturated carbocycles. The van der Waals surface area contributed by atoms with Crippen molar-refractivity contribution >= 4 is 35.3 Å². The van der Waals surface area contributed by atoms with E-state index in [1.807, 2.05) is 0 Å². The first-order valence-electron chi connectivity index (χ1n) is 18.6. The molecule has 251 valence electrons. The molecule has 0 spiro atoms. The van der Waals surface area contributed by atoms with Gasteiger partial charge in [0.2, 0.25) is 0 Å². The molecule has 0 amide bonds. The molecule has 6 rings (SSSR count). The summed E-state index contributed by atoms with van der Waals surface area (Å²) in [5.74, 6) is -1.62. The Labute approximate surface area is 299 Å². The van der Waals surface area contributed by atoms with Crippen LogP contribution < -0.4 is 0 Å². The quantitative estimate of drug-likeness (QED) is 0.118. The molecule has 0 bridgehead atoms. The predicted octanol–water partition coefficient (Wildman–Crippen LogP) is 14.1. The molecular weight excluding hydrogens is 806 g/mol. The summed E-state index contributed by atoms with van der Waals surface area (Å²) in [6.45, 7) is 14.1. The molecule has 4 heteroatoms. The summed E-state index contributed by atoms with van der Waals surface area (Å²) in [5, 5.41) is 0. The van der Waals surface area contributed by atoms with Gasteiger partial charge in [-0.25, -0.2) is 0 Å². The van der Waals surface area contributed by atoms with E-state index in [9.17, 15) is 0 Å². The molecule has 0 aromatic heterocycles. The van der Waals surface area contributed by atoms with Crippen molar-refractivity contribution in [3.63, 3.8) is 0 Å². The van der Waals surface area contributed by atoms with Crippen LogP contribution in [0, 0.1) is 0 Å². The maximum absolute atomic E-state index is 8.78. The number of benzene rings is 4. The molecule has 4 aromatic rings. The van der Waals surface area contributed by atoms with Crippen LogP contribution in [0.25, 0.3) is 34.4 Å². The van der Waals surface area contributed by atoms with Crippen LogP contribution in [0.3, 0.4) is 0 Å². The number of halogens is 2. The Hall–Kier alpha value is -1.97. The Morgan fingerprint density at radius 2 is 0.875 bits per heavy atom. The number of rotatable bonds is 13. The van der Waals surface area contributed by atoms with Gasteiger partial charge in [-0.05, 0) is 0 Å². The molecule has 2 aliphatic rings. The zero-order valence-electron chi connectivity index (χ0n) is 29.9. The average molecular weight is 859 g/mol. The van der Waals surface area contributed by atoms with Crippen LogP contribution >= 0.6 is 17.2 Å². The molecule has 0 N–H and O–H groups in total. The topological polar surface area (TPSA) is 0 Å². The van der Waals surface area contributed by atoms with E-state index in [-0.39, 0.29) is 7.35 Å². The van der Waals surface area contributed by atoms with Gasteiger partial charge in [-0.1, -0.05) is 0 Å². The van der Waals surface area contributed by atoms with E-state index in [1.165, 1.54) is 66.8 Å². The molecule has 0 heterocycles. The van der Waals surface area contributed by atoms with Crippen LogP contribution in [-0.2, 0) is 28.1 Å². The van der Waals surface area contributed by atoms with Crippen LogP contribution in [0.5, 0.6) is 0 Å². The van der Waals surface area contributed by atoms with Crippen molar-refractivity contribution in [3.05, 3.63) is 129 Å². The van der Waals surface area contributed by atoms with Gasteiger partial charge >= 0.3 is 302 Å². The summed E-state index contributed by atoms with van der Waals surface area (Å²) in [4.78, 5) is 0. The molecule has 0 aliphatic heterocycles. The third-order valence-corrected chi connectivity index (χ3v) is 84.1. The van der Waals surface area contributed by atoms with Crippen LogP contribution in [-0.4, -0.2) is 5.98 Å². The second kappa shape index (κ2) is 14.7. The van der Waals surface area contributed by atoms with Crippen LogP contribution in [0.4, 0.5) is 0 Å². The summed E-state index contributed by atoms with van der Waals surface area (Å²) >= 11 is -5.00. The van der Waals surface area contributed by atoms with Crippen molar-refractivity contribution in [2.75, 3.05) is 0 Å². The first-order chi connectivity index (χ1) is 23.2. The molecule has 0 radical (unpaired) electrons. The number of allylic oxidation sites excluding steroid dienone is 2. The van der Waals surface area contributed by atoms with E-state index in [0.717, 1.165) is 51.4 Å². The van der Waals surface area contributed by atoms with Crippen molar-refractivity contribution < 1.29 is 15.3 Å². The van der Waals surface area contributed by atoms with E-state index in [2.05, 4.69) is 138 Å². The zero-order chi connectivity index (χ0) is 34.1. The van der Waals surface area contributed by atoms with Gasteiger partial charge in [0, 0.05) is 0 Å². The molecule has 0 nitrogen and oxygen atoms in total. The van der Waals surface area contributed by atoms with Crippen molar-refractivity contribution in [1.29, 1.82) is 0 Å². The monoisotopic (exact) mass is 859 g/mol. The third kappa shape index (κ3) is 6.05. The Bertz CT molecular complexity index is 1740. The standard InChI is InChI=1S/2C21H23.C2H7Si.2ClH.Hf/c2*1-3-8-16-14-18-11-7-13-20(21(18)15-16)19-12-6-5-10-17(19)9-4-2;1-3-2;;;/h2*5-7,10-15H,3-4,8-9H2,1-2H3;3H,1-2H3;2*1H;/q;;;;;+2/p-2. The van der Waals surface area contributed by atoms with Gasteiger partial charge in [-0.15, -0.1) is 0 Å². The minimum atomic E-state index is -5.00. The first-order valence-corrected chi connectivity index (χ1v) is 40.8. The summed E-state index contributed by atoms with van der Waals surface area (Å²) in [6.07, 6.45) is 13.8. The molecular formula is C44H53Cl2HfSi. The zero-order valence-corrected chi connectivity index (χ0v) is 36.1. The first kappa shape index (κ1) is 35.8. The fourth-order valence-electron chi connectivity index (χ4n) is 9.09. The molecule has 0 fully saturated rings. The predicted molar refractivity (Wildman–Crippen MR) is 214 cm³/mol. The number of aryl methyl sites for hydroxylation is 2. The molecule has 2 unspecified atom stereocenters. The average Bonchev–Trinajstić information content (AvgIpc) is 3.65. The third-order valence-electron chi connectivity index (χ3n) is 11.2. The van der Waals surface area contributed by atoms with Crippen molar-refractivity contribution in [1.82, 2.24) is 0 Å². The van der Waals surface area contributed by atoms with Gasteiger partial charge in [-0.2, -0.15) is 0 Å². The SMILES string of the molecule is CCCC1=Cc2c(-c3ccccc3CCC)cccc2[CH]1[Hf]([Cl])([Cl])([CH]1C(CCC)=Cc2c(-c3ccccc3CCC)cccc21)[SiH](C)C. The number of fused-ring (bicyclic) bond motifs is 2. The molecule has 2 atom stereocenters. The number of hydrogen-bond donors (Lipinski definition) is 0. The fraction of sp³-hybridized carbons (Fsp3) is 0.364. The Kier molecular flexibility index (Phi) is 11.0. The van der Waals surface area contributed by atoms with E-state index in [4.69, 9.17) is 17.2 Å². The van der Waals surface area contributed by atoms with Crippen molar-refractivity contribution in [2.24, 2.45) is 0 Å².